The van der Waals surface area contributed by atoms with Crippen molar-refractivity contribution in [2.45, 2.75) is 39.0 Å². The first-order chi connectivity index (χ1) is 9.98. The van der Waals surface area contributed by atoms with E-state index in [0.29, 0.717) is 0 Å². The Morgan fingerprint density at radius 1 is 1.29 bits per heavy atom. The lowest BCUT2D eigenvalue weighted by molar-refractivity contribution is -0.126. The van der Waals surface area contributed by atoms with Gasteiger partial charge < -0.3 is 15.4 Å². The molecule has 1 aliphatic heterocycles. The van der Waals surface area contributed by atoms with Gasteiger partial charge in [-0.25, -0.2) is 0 Å². The highest BCUT2D eigenvalue weighted by Gasteiger charge is 2.21. The number of rotatable bonds is 4. The summed E-state index contributed by atoms with van der Waals surface area (Å²) in [7, 11) is 0. The first-order valence-electron chi connectivity index (χ1n) is 7.69. The van der Waals surface area contributed by atoms with Crippen LogP contribution in [0.1, 0.15) is 39.2 Å². The van der Waals surface area contributed by atoms with Crippen LogP contribution in [0, 0.1) is 5.92 Å². The summed E-state index contributed by atoms with van der Waals surface area (Å²) in [5.41, 5.74) is 1.18. The molecule has 0 saturated carbocycles. The molecule has 0 bridgehead atoms. The van der Waals surface area contributed by atoms with Gasteiger partial charge in [-0.3, -0.25) is 4.79 Å². The third kappa shape index (κ3) is 4.46. The van der Waals surface area contributed by atoms with Crippen LogP contribution in [0.5, 0.6) is 5.75 Å². The van der Waals surface area contributed by atoms with Crippen LogP contribution in [0.15, 0.2) is 24.3 Å². The van der Waals surface area contributed by atoms with Gasteiger partial charge >= 0.3 is 0 Å². The maximum atomic E-state index is 12.1. The third-order valence-corrected chi connectivity index (χ3v) is 3.88. The fourth-order valence-electron chi connectivity index (χ4n) is 2.63. The molecule has 1 aromatic carbocycles. The van der Waals surface area contributed by atoms with E-state index in [-0.39, 0.29) is 24.0 Å². The molecule has 1 aromatic rings. The fourth-order valence-corrected chi connectivity index (χ4v) is 2.63. The topological polar surface area (TPSA) is 50.4 Å². The molecule has 0 aliphatic carbocycles. The minimum atomic E-state index is 0.0235. The third-order valence-electron chi connectivity index (χ3n) is 3.88. The van der Waals surface area contributed by atoms with Gasteiger partial charge in [0.15, 0.2) is 6.73 Å². The number of benzene rings is 1. The normalized spacial score (nSPS) is 16.5. The number of carbonyl (C=O) groups is 1. The zero-order valence-corrected chi connectivity index (χ0v) is 13.2. The Labute approximate surface area is 127 Å². The zero-order chi connectivity index (χ0) is 15.3. The smallest absolute Gasteiger partial charge is 0.225 e. The highest BCUT2D eigenvalue weighted by molar-refractivity contribution is 5.78. The van der Waals surface area contributed by atoms with Crippen molar-refractivity contribution in [2.75, 3.05) is 19.8 Å². The molecule has 0 radical (unpaired) electrons. The first-order valence-corrected chi connectivity index (χ1v) is 7.69. The highest BCUT2D eigenvalue weighted by atomic mass is 16.5. The van der Waals surface area contributed by atoms with E-state index in [1.165, 1.54) is 0 Å². The van der Waals surface area contributed by atoms with Crippen molar-refractivity contribution in [2.24, 2.45) is 5.92 Å². The second-order valence-corrected chi connectivity index (χ2v) is 6.60. The average Bonchev–Trinajstić information content (AvgIpc) is 2.47. The summed E-state index contributed by atoms with van der Waals surface area (Å²) in [5, 5.41) is 6.15. The molecule has 4 heteroatoms. The second kappa shape index (κ2) is 6.94. The van der Waals surface area contributed by atoms with Crippen molar-refractivity contribution in [3.63, 3.8) is 0 Å². The van der Waals surface area contributed by atoms with E-state index in [2.05, 4.69) is 37.5 Å². The quantitative estimate of drug-likeness (QED) is 0.837. The van der Waals surface area contributed by atoms with Gasteiger partial charge in [-0.05, 0) is 43.0 Å². The molecule has 2 N–H and O–H groups in total. The van der Waals surface area contributed by atoms with Crippen LogP contribution in [0.4, 0.5) is 0 Å². The van der Waals surface area contributed by atoms with Crippen LogP contribution in [-0.2, 0) is 10.2 Å². The summed E-state index contributed by atoms with van der Waals surface area (Å²) in [5.74, 6) is 1.06. The van der Waals surface area contributed by atoms with E-state index in [0.717, 1.165) is 37.2 Å². The summed E-state index contributed by atoms with van der Waals surface area (Å²) in [6.45, 7) is 8.54. The Morgan fingerprint density at radius 3 is 2.62 bits per heavy atom. The van der Waals surface area contributed by atoms with Gasteiger partial charge in [0.1, 0.15) is 5.75 Å². The molecule has 1 heterocycles. The first kappa shape index (κ1) is 15.8. The van der Waals surface area contributed by atoms with Gasteiger partial charge in [-0.2, -0.15) is 0 Å². The van der Waals surface area contributed by atoms with E-state index in [1.54, 1.807) is 0 Å². The number of amides is 1. The molecule has 2 rings (SSSR count). The lowest BCUT2D eigenvalue weighted by Gasteiger charge is -2.24. The molecule has 1 saturated heterocycles. The number of hydrogen-bond donors (Lipinski definition) is 2. The molecule has 21 heavy (non-hydrogen) atoms. The van der Waals surface area contributed by atoms with Gasteiger partial charge in [0.2, 0.25) is 5.91 Å². The summed E-state index contributed by atoms with van der Waals surface area (Å²) < 4.78 is 5.78. The SMILES string of the molecule is CC(C)(C)c1ccccc1OCNC(=O)C1CCNCC1. The number of nitrogens with one attached hydrogen (secondary N) is 2. The van der Waals surface area contributed by atoms with Crippen molar-refractivity contribution in [3.8, 4) is 5.75 Å². The summed E-state index contributed by atoms with van der Waals surface area (Å²) in [6.07, 6.45) is 1.81. The van der Waals surface area contributed by atoms with Crippen LogP contribution < -0.4 is 15.4 Å². The molecule has 1 amide bonds. The van der Waals surface area contributed by atoms with E-state index < -0.39 is 0 Å². The van der Waals surface area contributed by atoms with Gasteiger partial charge in [0.05, 0.1) is 0 Å². The van der Waals surface area contributed by atoms with Crippen LogP contribution in [0.25, 0.3) is 0 Å². The van der Waals surface area contributed by atoms with Gasteiger partial charge in [0.25, 0.3) is 0 Å². The Balaban J connectivity index is 1.87. The van der Waals surface area contributed by atoms with Crippen LogP contribution in [0.3, 0.4) is 0 Å². The molecule has 0 aromatic heterocycles. The van der Waals surface area contributed by atoms with Crippen LogP contribution in [-0.4, -0.2) is 25.7 Å². The second-order valence-electron chi connectivity index (χ2n) is 6.60. The predicted molar refractivity (Wildman–Crippen MR) is 84.4 cm³/mol. The van der Waals surface area contributed by atoms with Crippen molar-refractivity contribution >= 4 is 5.91 Å². The van der Waals surface area contributed by atoms with E-state index in [9.17, 15) is 4.79 Å². The minimum Gasteiger partial charge on any atom is -0.473 e. The van der Waals surface area contributed by atoms with Crippen molar-refractivity contribution in [1.29, 1.82) is 0 Å². The largest absolute Gasteiger partial charge is 0.473 e. The number of carbonyl (C=O) groups excluding carboxylic acids is 1. The van der Waals surface area contributed by atoms with E-state index in [4.69, 9.17) is 4.74 Å². The summed E-state index contributed by atoms with van der Waals surface area (Å²) >= 11 is 0. The van der Waals surface area contributed by atoms with Gasteiger partial charge in [-0.15, -0.1) is 0 Å². The Morgan fingerprint density at radius 2 is 1.95 bits per heavy atom. The number of hydrogen-bond acceptors (Lipinski definition) is 3. The molecular weight excluding hydrogens is 264 g/mol. The summed E-state index contributed by atoms with van der Waals surface area (Å²) in [4.78, 5) is 12.1. The number of ether oxygens (including phenoxy) is 1. The molecule has 0 atom stereocenters. The predicted octanol–water partition coefficient (Wildman–Crippen LogP) is 2.44. The van der Waals surface area contributed by atoms with Crippen LogP contribution >= 0.6 is 0 Å². The monoisotopic (exact) mass is 290 g/mol. The lowest BCUT2D eigenvalue weighted by Crippen LogP contribution is -2.39. The van der Waals surface area contributed by atoms with Crippen molar-refractivity contribution in [1.82, 2.24) is 10.6 Å². The van der Waals surface area contributed by atoms with E-state index >= 15 is 0 Å². The maximum absolute atomic E-state index is 12.1. The van der Waals surface area contributed by atoms with Crippen molar-refractivity contribution < 1.29 is 9.53 Å². The van der Waals surface area contributed by atoms with Gasteiger partial charge in [-0.1, -0.05) is 39.0 Å². The lowest BCUT2D eigenvalue weighted by atomic mass is 9.86. The fraction of sp³-hybridized carbons (Fsp3) is 0.588. The summed E-state index contributed by atoms with van der Waals surface area (Å²) in [6, 6.07) is 8.00. The van der Waals surface area contributed by atoms with E-state index in [1.807, 2.05) is 18.2 Å². The van der Waals surface area contributed by atoms with Gasteiger partial charge in [0, 0.05) is 5.92 Å². The van der Waals surface area contributed by atoms with Crippen molar-refractivity contribution in [3.05, 3.63) is 29.8 Å². The van der Waals surface area contributed by atoms with Crippen LogP contribution in [0.2, 0.25) is 0 Å². The molecule has 0 unspecified atom stereocenters. The minimum absolute atomic E-state index is 0.0235. The Bertz CT molecular complexity index is 474. The number of piperidine rings is 1. The zero-order valence-electron chi connectivity index (χ0n) is 13.2. The molecule has 1 aliphatic rings. The molecule has 1 fully saturated rings. The molecular formula is C17H26N2O2. The average molecular weight is 290 g/mol. The maximum Gasteiger partial charge on any atom is 0.225 e. The Hall–Kier alpha value is -1.55. The molecule has 116 valence electrons. The molecule has 0 spiro atoms. The standard InChI is InChI=1S/C17H26N2O2/c1-17(2,3)14-6-4-5-7-15(14)21-12-19-16(20)13-8-10-18-11-9-13/h4-7,13,18H,8-12H2,1-3H3,(H,19,20). The molecule has 4 nitrogen and oxygen atoms in total. The number of para-hydroxylation sites is 1. The Kier molecular flexibility index (Phi) is 5.23. The highest BCUT2D eigenvalue weighted by Crippen LogP contribution is 2.30.